The fourth-order valence-corrected chi connectivity index (χ4v) is 1.36. The lowest BCUT2D eigenvalue weighted by Crippen LogP contribution is -2.14. The molecule has 0 aliphatic carbocycles. The summed E-state index contributed by atoms with van der Waals surface area (Å²) < 4.78 is 0. The van der Waals surface area contributed by atoms with Crippen molar-refractivity contribution in [3.63, 3.8) is 0 Å². The number of carbonyl (C=O) groups excluding carboxylic acids is 1. The number of carbonyl (C=O) groups is 1. The van der Waals surface area contributed by atoms with Crippen LogP contribution in [0.25, 0.3) is 0 Å². The van der Waals surface area contributed by atoms with Crippen molar-refractivity contribution < 1.29 is 4.79 Å². The first-order chi connectivity index (χ1) is 8.29. The molecule has 5 nitrogen and oxygen atoms in total. The zero-order valence-corrected chi connectivity index (χ0v) is 9.13. The van der Waals surface area contributed by atoms with Crippen LogP contribution in [0.15, 0.2) is 42.9 Å². The summed E-state index contributed by atoms with van der Waals surface area (Å²) in [6, 6.07) is 6.96. The zero-order chi connectivity index (χ0) is 12.1. The fourth-order valence-electron chi connectivity index (χ4n) is 1.36. The van der Waals surface area contributed by atoms with E-state index >= 15 is 0 Å². The SMILES string of the molecule is NCc1ccnc(C(=O)Nc2cccnc2)c1. The summed E-state index contributed by atoms with van der Waals surface area (Å²) in [6.07, 6.45) is 4.79. The molecule has 0 fully saturated rings. The third kappa shape index (κ3) is 2.85. The molecule has 0 spiro atoms. The normalized spacial score (nSPS) is 9.94. The maximum absolute atomic E-state index is 11.8. The minimum Gasteiger partial charge on any atom is -0.326 e. The van der Waals surface area contributed by atoms with Gasteiger partial charge in [0, 0.05) is 18.9 Å². The van der Waals surface area contributed by atoms with E-state index in [0.29, 0.717) is 17.9 Å². The number of pyridine rings is 2. The van der Waals surface area contributed by atoms with Gasteiger partial charge in [0.25, 0.3) is 5.91 Å². The quantitative estimate of drug-likeness (QED) is 0.826. The molecule has 0 bridgehead atoms. The second kappa shape index (κ2) is 5.18. The molecule has 2 aromatic rings. The molecule has 0 aliphatic heterocycles. The topological polar surface area (TPSA) is 80.9 Å². The number of aromatic nitrogens is 2. The highest BCUT2D eigenvalue weighted by Gasteiger charge is 2.07. The van der Waals surface area contributed by atoms with Gasteiger partial charge in [-0.05, 0) is 29.8 Å². The molecular weight excluding hydrogens is 216 g/mol. The monoisotopic (exact) mass is 228 g/mol. The van der Waals surface area contributed by atoms with Crippen molar-refractivity contribution in [1.82, 2.24) is 9.97 Å². The molecule has 0 aliphatic rings. The third-order valence-electron chi connectivity index (χ3n) is 2.21. The van der Waals surface area contributed by atoms with Gasteiger partial charge < -0.3 is 11.1 Å². The number of hydrogen-bond acceptors (Lipinski definition) is 4. The Balaban J connectivity index is 2.14. The van der Waals surface area contributed by atoms with Gasteiger partial charge in [0.05, 0.1) is 11.9 Å². The maximum atomic E-state index is 11.8. The van der Waals surface area contributed by atoms with Crippen LogP contribution in [0, 0.1) is 0 Å². The van der Waals surface area contributed by atoms with Gasteiger partial charge in [0.15, 0.2) is 0 Å². The average Bonchev–Trinajstić information content (AvgIpc) is 2.40. The summed E-state index contributed by atoms with van der Waals surface area (Å²) >= 11 is 0. The van der Waals surface area contributed by atoms with Gasteiger partial charge in [0.1, 0.15) is 5.69 Å². The Kier molecular flexibility index (Phi) is 3.42. The fraction of sp³-hybridized carbons (Fsp3) is 0.0833. The van der Waals surface area contributed by atoms with Crippen LogP contribution in [0.5, 0.6) is 0 Å². The van der Waals surface area contributed by atoms with E-state index in [1.807, 2.05) is 0 Å². The van der Waals surface area contributed by atoms with E-state index in [1.165, 1.54) is 0 Å². The zero-order valence-electron chi connectivity index (χ0n) is 9.13. The standard InChI is InChI=1S/C12H12N4O/c13-7-9-3-5-15-11(6-9)12(17)16-10-2-1-4-14-8-10/h1-6,8H,7,13H2,(H,16,17). The molecule has 0 saturated heterocycles. The van der Waals surface area contributed by atoms with Gasteiger partial charge in [-0.1, -0.05) is 0 Å². The lowest BCUT2D eigenvalue weighted by Gasteiger charge is -2.04. The van der Waals surface area contributed by atoms with Crippen LogP contribution >= 0.6 is 0 Å². The summed E-state index contributed by atoms with van der Waals surface area (Å²) in [5, 5.41) is 2.70. The van der Waals surface area contributed by atoms with Crippen molar-refractivity contribution in [2.75, 3.05) is 5.32 Å². The van der Waals surface area contributed by atoms with E-state index in [9.17, 15) is 4.79 Å². The van der Waals surface area contributed by atoms with E-state index in [-0.39, 0.29) is 5.91 Å². The minimum absolute atomic E-state index is 0.270. The van der Waals surface area contributed by atoms with Gasteiger partial charge >= 0.3 is 0 Å². The van der Waals surface area contributed by atoms with Crippen molar-refractivity contribution in [2.24, 2.45) is 5.73 Å². The summed E-state index contributed by atoms with van der Waals surface area (Å²) in [5.74, 6) is -0.270. The largest absolute Gasteiger partial charge is 0.326 e. The first-order valence-electron chi connectivity index (χ1n) is 5.16. The van der Waals surface area contributed by atoms with Crippen LogP contribution in [0.2, 0.25) is 0 Å². The molecule has 0 radical (unpaired) electrons. The smallest absolute Gasteiger partial charge is 0.274 e. The van der Waals surface area contributed by atoms with Gasteiger partial charge in [-0.2, -0.15) is 0 Å². The molecule has 17 heavy (non-hydrogen) atoms. The molecule has 0 saturated carbocycles. The number of anilines is 1. The van der Waals surface area contributed by atoms with Gasteiger partial charge in [-0.3, -0.25) is 14.8 Å². The van der Waals surface area contributed by atoms with Gasteiger partial charge in [-0.15, -0.1) is 0 Å². The lowest BCUT2D eigenvalue weighted by molar-refractivity contribution is 0.102. The summed E-state index contributed by atoms with van der Waals surface area (Å²) in [7, 11) is 0. The molecule has 2 rings (SSSR count). The Bertz CT molecular complexity index is 513. The van der Waals surface area contributed by atoms with E-state index in [1.54, 1.807) is 42.9 Å². The Morgan fingerprint density at radius 1 is 1.35 bits per heavy atom. The molecule has 0 unspecified atom stereocenters. The molecule has 2 aromatic heterocycles. The molecule has 3 N–H and O–H groups in total. The van der Waals surface area contributed by atoms with Crippen LogP contribution < -0.4 is 11.1 Å². The van der Waals surface area contributed by atoms with Gasteiger partial charge in [0.2, 0.25) is 0 Å². The number of nitrogens with one attached hydrogen (secondary N) is 1. The van der Waals surface area contributed by atoms with Crippen LogP contribution in [-0.4, -0.2) is 15.9 Å². The highest BCUT2D eigenvalue weighted by Crippen LogP contribution is 2.07. The van der Waals surface area contributed by atoms with Crippen molar-refractivity contribution in [2.45, 2.75) is 6.54 Å². The minimum atomic E-state index is -0.270. The van der Waals surface area contributed by atoms with Crippen LogP contribution in [0.4, 0.5) is 5.69 Å². The first-order valence-corrected chi connectivity index (χ1v) is 5.16. The van der Waals surface area contributed by atoms with E-state index < -0.39 is 0 Å². The number of amides is 1. The van der Waals surface area contributed by atoms with Crippen LogP contribution in [-0.2, 0) is 6.54 Å². The van der Waals surface area contributed by atoms with Crippen molar-refractivity contribution >= 4 is 11.6 Å². The Labute approximate surface area is 98.7 Å². The number of nitrogens with two attached hydrogens (primary N) is 1. The highest BCUT2D eigenvalue weighted by molar-refractivity contribution is 6.02. The summed E-state index contributed by atoms with van der Waals surface area (Å²) in [6.45, 7) is 0.385. The molecule has 0 atom stereocenters. The Morgan fingerprint density at radius 3 is 2.94 bits per heavy atom. The van der Waals surface area contributed by atoms with Crippen LogP contribution in [0.1, 0.15) is 16.1 Å². The molecule has 1 amide bonds. The molecule has 2 heterocycles. The van der Waals surface area contributed by atoms with Crippen molar-refractivity contribution in [3.8, 4) is 0 Å². The summed E-state index contributed by atoms with van der Waals surface area (Å²) in [4.78, 5) is 19.7. The van der Waals surface area contributed by atoms with Crippen molar-refractivity contribution in [1.29, 1.82) is 0 Å². The van der Waals surface area contributed by atoms with E-state index in [2.05, 4.69) is 15.3 Å². The lowest BCUT2D eigenvalue weighted by atomic mass is 10.2. The molecular formula is C12H12N4O. The average molecular weight is 228 g/mol. The maximum Gasteiger partial charge on any atom is 0.274 e. The van der Waals surface area contributed by atoms with Gasteiger partial charge in [-0.25, -0.2) is 0 Å². The molecule has 86 valence electrons. The predicted octanol–water partition coefficient (Wildman–Crippen LogP) is 1.19. The number of nitrogens with zero attached hydrogens (tertiary/aromatic N) is 2. The predicted molar refractivity (Wildman–Crippen MR) is 64.3 cm³/mol. The number of rotatable bonds is 3. The van der Waals surface area contributed by atoms with E-state index in [4.69, 9.17) is 5.73 Å². The first kappa shape index (κ1) is 11.2. The van der Waals surface area contributed by atoms with E-state index in [0.717, 1.165) is 5.56 Å². The summed E-state index contributed by atoms with van der Waals surface area (Å²) in [5.41, 5.74) is 7.35. The molecule has 5 heteroatoms. The second-order valence-corrected chi connectivity index (χ2v) is 3.45. The second-order valence-electron chi connectivity index (χ2n) is 3.45. The van der Waals surface area contributed by atoms with Crippen molar-refractivity contribution in [3.05, 3.63) is 54.1 Å². The third-order valence-corrected chi connectivity index (χ3v) is 2.21. The molecule has 0 aromatic carbocycles. The Morgan fingerprint density at radius 2 is 2.24 bits per heavy atom. The Hall–Kier alpha value is -2.27. The number of hydrogen-bond donors (Lipinski definition) is 2. The van der Waals surface area contributed by atoms with Crippen LogP contribution in [0.3, 0.4) is 0 Å². The highest BCUT2D eigenvalue weighted by atomic mass is 16.1.